The molecule has 32 nitrogen and oxygen atoms in total. The lowest BCUT2D eigenvalue weighted by Gasteiger charge is -2.24. The minimum Gasteiger partial charge on any atom is -0.337 e. The Morgan fingerprint density at radius 3 is 1.29 bits per heavy atom. The van der Waals surface area contributed by atoms with E-state index in [-0.39, 0.29) is 107 Å². The third-order valence-corrected chi connectivity index (χ3v) is 26.0. The molecule has 4 fully saturated rings. The number of halogens is 9. The van der Waals surface area contributed by atoms with Crippen LogP contribution in [0.3, 0.4) is 0 Å². The van der Waals surface area contributed by atoms with E-state index in [4.69, 9.17) is 4.98 Å². The number of anilines is 4. The molecule has 133 heavy (non-hydrogen) atoms. The first-order valence-corrected chi connectivity index (χ1v) is 44.9. The highest BCUT2D eigenvalue weighted by Crippen LogP contribution is 2.40. The Morgan fingerprint density at radius 1 is 0.451 bits per heavy atom. The van der Waals surface area contributed by atoms with Crippen molar-refractivity contribution in [3.8, 4) is 43.7 Å². The maximum Gasteiger partial charge on any atom is 0.434 e. The van der Waals surface area contributed by atoms with Crippen LogP contribution in [0.5, 0.6) is 0 Å². The molecule has 0 radical (unpaired) electrons. The number of hydrogen-bond donors (Lipinski definition) is 0. The predicted molar refractivity (Wildman–Crippen MR) is 479 cm³/mol. The molecule has 16 aromatic rings. The monoisotopic (exact) mass is 1860 g/mol. The van der Waals surface area contributed by atoms with Crippen molar-refractivity contribution in [2.75, 3.05) is 45.8 Å². The largest absolute Gasteiger partial charge is 0.434 e. The van der Waals surface area contributed by atoms with Crippen LogP contribution < -0.4 is 19.6 Å². The van der Waals surface area contributed by atoms with Crippen LogP contribution in [0.2, 0.25) is 0 Å². The van der Waals surface area contributed by atoms with Crippen molar-refractivity contribution in [2.45, 2.75) is 168 Å². The SMILES string of the molecule is C[C@H]1CCCN1c1nc2cc(CC(=O)c3c(-c4nc(C(F)(F)F)cs4)cnn3C)ccn2n1.Cc1cc(C)nc(-c2cnn(C)c2C(=O)Cc2ccn3nc(N4CCC[C@@H]4C)nc3c2)c1.Cc1cccc(-c2cnn(C)c2C(=O)Cc2cc3nc(N4CCC[C@@H]4C(F)(F)F)nn3cc2F)n1.Cc1sc(-c2cnn(C)c2C(=O)Cc2ccn3nc(N4CCC[C@@H]4C)nc3c2)nc1C(F)F. The first kappa shape index (κ1) is 91.0. The Morgan fingerprint density at radius 2 is 0.865 bits per heavy atom. The van der Waals surface area contributed by atoms with Crippen LogP contribution in [0.1, 0.15) is 176 Å². The molecule has 4 aliphatic heterocycles. The third kappa shape index (κ3) is 19.2. The number of rotatable bonds is 21. The smallest absolute Gasteiger partial charge is 0.337 e. The summed E-state index contributed by atoms with van der Waals surface area (Å²) in [5, 5.41) is 36.0. The number of pyridine rings is 6. The zero-order valence-electron chi connectivity index (χ0n) is 74.2. The minimum atomic E-state index is -4.54. The van der Waals surface area contributed by atoms with Gasteiger partial charge in [-0.25, -0.2) is 41.2 Å². The van der Waals surface area contributed by atoms with Crippen molar-refractivity contribution in [3.05, 3.63) is 212 Å². The Bertz CT molecular complexity index is 7070. The van der Waals surface area contributed by atoms with E-state index in [9.17, 15) is 58.7 Å². The lowest BCUT2D eigenvalue weighted by atomic mass is 10.0. The Kier molecular flexibility index (Phi) is 25.4. The molecule has 4 saturated heterocycles. The van der Waals surface area contributed by atoms with E-state index in [0.29, 0.717) is 85.8 Å². The minimum absolute atomic E-state index is 0.00165. The molecule has 0 aromatic carbocycles. The highest BCUT2D eigenvalue weighted by molar-refractivity contribution is 7.15. The van der Waals surface area contributed by atoms with Crippen LogP contribution in [-0.4, -0.2) is 197 Å². The van der Waals surface area contributed by atoms with Gasteiger partial charge in [0.2, 0.25) is 23.8 Å². The highest BCUT2D eigenvalue weighted by Gasteiger charge is 2.47. The van der Waals surface area contributed by atoms with Gasteiger partial charge < -0.3 is 19.6 Å². The van der Waals surface area contributed by atoms with Gasteiger partial charge in [0.25, 0.3) is 6.43 Å². The number of nitrogens with zero attached hydrogens (tertiary/aromatic N) is 28. The van der Waals surface area contributed by atoms with Crippen LogP contribution in [0.15, 0.2) is 128 Å². The number of aryl methyl sites for hydroxylation is 8. The average molecular weight is 1860 g/mol. The lowest BCUT2D eigenvalue weighted by Crippen LogP contribution is -2.41. The summed E-state index contributed by atoms with van der Waals surface area (Å²) in [6.45, 7) is 16.9. The fourth-order valence-corrected chi connectivity index (χ4v) is 19.2. The zero-order valence-corrected chi connectivity index (χ0v) is 75.8. The van der Waals surface area contributed by atoms with Gasteiger partial charge in [-0.05, 0) is 189 Å². The number of aromatic nitrogens is 24. The number of carbonyl (C=O) groups is 4. The summed E-state index contributed by atoms with van der Waals surface area (Å²) in [5.74, 6) is 0.461. The number of ketones is 4. The van der Waals surface area contributed by atoms with Crippen LogP contribution in [0.25, 0.3) is 66.2 Å². The van der Waals surface area contributed by atoms with Gasteiger partial charge in [0.1, 0.15) is 50.3 Å². The normalized spacial score (nSPS) is 16.5. The second kappa shape index (κ2) is 37.1. The first-order chi connectivity index (χ1) is 63.5. The van der Waals surface area contributed by atoms with Gasteiger partial charge >= 0.3 is 12.4 Å². The zero-order chi connectivity index (χ0) is 93.9. The second-order valence-electron chi connectivity index (χ2n) is 33.7. The molecule has 0 spiro atoms. The lowest BCUT2D eigenvalue weighted by molar-refractivity contribution is -0.146. The van der Waals surface area contributed by atoms with Gasteiger partial charge in [-0.3, -0.25) is 47.9 Å². The van der Waals surface area contributed by atoms with E-state index in [1.165, 1.54) is 45.1 Å². The number of alkyl halides is 8. The highest BCUT2D eigenvalue weighted by atomic mass is 32.1. The molecule has 690 valence electrons. The van der Waals surface area contributed by atoms with Crippen molar-refractivity contribution in [3.63, 3.8) is 0 Å². The molecule has 4 aliphatic rings. The summed E-state index contributed by atoms with van der Waals surface area (Å²) < 4.78 is 132. The number of hydrogen-bond acceptors (Lipinski definition) is 26. The summed E-state index contributed by atoms with van der Waals surface area (Å²) in [7, 11) is 6.66. The maximum absolute atomic E-state index is 14.9. The Balaban J connectivity index is 0.000000124. The van der Waals surface area contributed by atoms with Crippen molar-refractivity contribution >= 4 is 92.2 Å². The standard InChI is InChI=1S/C24H27N7O.C23H21F4N7O.C22H23F2N7OS.C21H20F3N7OS/c1-15-10-16(2)26-20(11-15)19-14-25-29(4)23(19)21(32)12-18-7-9-31-22(13-18)27-24(28-31)30-8-5-6-17(30)3;1-13-5-3-6-17(29-13)15-11-28-32(2)21(15)18(35)9-14-10-20-30-22(31-34(20)12-16(14)24)33-8-4-7-19(33)23(25,26)27;1-12-5-4-7-30(12)22-26-17-10-14(6-8-31(17)28-22)9-16(32)19-15(11-25-29(19)3)21-27-18(20(23)24)13(2)33-21;1-12-4-3-6-30(12)20-27-17-9-13(5-7-31(17)28-20)8-15(32)18-14(10-25-29(18)2)19-26-16(11-33-19)21(22,23)24/h7,9-11,13-14,17H,5-6,8,12H2,1-4H3;3,5-6,10-12,19H,4,7-9H2,1-2H3;6,8,10-12,20H,4-5,7,9H2,1-3H3;5,7,9-12H,3-4,6,8H2,1-2H3/t17-;19-;2*12-/m0100/s1. The van der Waals surface area contributed by atoms with E-state index in [0.717, 1.165) is 152 Å². The molecular formula is C90H91F9N28O4S2. The molecule has 0 bridgehead atoms. The van der Waals surface area contributed by atoms with Gasteiger partial charge in [-0.1, -0.05) is 6.07 Å². The van der Waals surface area contributed by atoms with Crippen molar-refractivity contribution in [1.82, 2.24) is 117 Å². The van der Waals surface area contributed by atoms with Crippen LogP contribution in [0, 0.1) is 33.5 Å². The summed E-state index contributed by atoms with van der Waals surface area (Å²) >= 11 is 1.98. The topological polar surface area (TPSA) is 325 Å². The van der Waals surface area contributed by atoms with E-state index in [2.05, 4.69) is 111 Å². The van der Waals surface area contributed by atoms with Gasteiger partial charge in [-0.15, -0.1) is 43.1 Å². The molecular weight excluding hydrogens is 1770 g/mol. The summed E-state index contributed by atoms with van der Waals surface area (Å²) in [6, 6.07) is 21.5. The van der Waals surface area contributed by atoms with Gasteiger partial charge in [0.15, 0.2) is 51.4 Å². The van der Waals surface area contributed by atoms with Crippen molar-refractivity contribution < 1.29 is 58.7 Å². The predicted octanol–water partition coefficient (Wildman–Crippen LogP) is 15.8. The fourth-order valence-electron chi connectivity index (χ4n) is 17.4. The molecule has 43 heteroatoms. The molecule has 0 saturated carbocycles. The second-order valence-corrected chi connectivity index (χ2v) is 35.8. The molecule has 20 rings (SSSR count). The Labute approximate surface area is 762 Å². The number of thiazole rings is 2. The third-order valence-electron chi connectivity index (χ3n) is 24.1. The maximum atomic E-state index is 14.9. The van der Waals surface area contributed by atoms with E-state index < -0.39 is 36.3 Å². The first-order valence-electron chi connectivity index (χ1n) is 43.2. The van der Waals surface area contributed by atoms with E-state index in [1.54, 1.807) is 90.1 Å². The van der Waals surface area contributed by atoms with E-state index >= 15 is 0 Å². The summed E-state index contributed by atoms with van der Waals surface area (Å²) in [5.41, 5.74) is 11.0. The molecule has 4 atom stereocenters. The number of Topliss-reactive ketones (excluding diaryl/α,β-unsaturated/α-hetero) is 4. The van der Waals surface area contributed by atoms with Crippen LogP contribution >= 0.6 is 22.7 Å². The van der Waals surface area contributed by atoms with Gasteiger partial charge in [0.05, 0.1) is 53.5 Å². The molecule has 0 amide bonds. The molecule has 20 heterocycles. The molecule has 0 N–H and O–H groups in total. The molecule has 0 unspecified atom stereocenters. The molecule has 0 aliphatic carbocycles. The molecule has 16 aromatic heterocycles. The van der Waals surface area contributed by atoms with Crippen LogP contribution in [-0.2, 0) is 60.1 Å². The quantitative estimate of drug-likeness (QED) is 0.0476. The average Bonchev–Trinajstić information content (AvgIpc) is 1.64. The van der Waals surface area contributed by atoms with Crippen molar-refractivity contribution in [2.24, 2.45) is 28.2 Å². The van der Waals surface area contributed by atoms with Gasteiger partial charge in [-0.2, -0.15) is 66.7 Å². The van der Waals surface area contributed by atoms with Crippen LogP contribution in [0.4, 0.5) is 63.3 Å². The Hall–Kier alpha value is -13.9. The number of carbonyl (C=O) groups excluding carboxylic acids is 4. The van der Waals surface area contributed by atoms with E-state index in [1.807, 2.05) is 75.5 Å². The summed E-state index contributed by atoms with van der Waals surface area (Å²) in [4.78, 5) is 96.0. The number of fused-ring (bicyclic) bond motifs is 4. The van der Waals surface area contributed by atoms with Crippen molar-refractivity contribution in [1.29, 1.82) is 0 Å². The summed E-state index contributed by atoms with van der Waals surface area (Å²) in [6.07, 6.45) is 8.23. The fraction of sp³-hybridized carbons (Fsp3) is 0.378. The van der Waals surface area contributed by atoms with Gasteiger partial charge in [0, 0.05) is 155 Å².